The van der Waals surface area contributed by atoms with E-state index >= 15 is 0 Å². The van der Waals surface area contributed by atoms with Crippen LogP contribution in [-0.2, 0) is 4.79 Å². The number of rotatable bonds is 7. The van der Waals surface area contributed by atoms with Gasteiger partial charge in [-0.05, 0) is 18.6 Å². The number of carbonyl (C=O) groups excluding carboxylic acids is 1. The smallest absolute Gasteiger partial charge is 0.259 e. The third-order valence-electron chi connectivity index (χ3n) is 3.67. The molecule has 1 unspecified atom stereocenters. The van der Waals surface area contributed by atoms with Gasteiger partial charge in [-0.3, -0.25) is 4.79 Å². The van der Waals surface area contributed by atoms with E-state index in [0.29, 0.717) is 40.1 Å². The number of thioether (sulfide) groups is 1. The van der Waals surface area contributed by atoms with Gasteiger partial charge in [0.2, 0.25) is 5.91 Å². The topological polar surface area (TPSA) is 86.5 Å². The second-order valence-electron chi connectivity index (χ2n) is 5.41. The number of anilines is 1. The Balaban J connectivity index is 1.74. The van der Waals surface area contributed by atoms with Gasteiger partial charge in [0.25, 0.3) is 5.22 Å². The number of amides is 1. The van der Waals surface area contributed by atoms with E-state index in [0.717, 1.165) is 0 Å². The maximum absolute atomic E-state index is 12.7. The summed E-state index contributed by atoms with van der Waals surface area (Å²) in [4.78, 5) is 21.1. The molecule has 8 heteroatoms. The Morgan fingerprint density at radius 1 is 1.27 bits per heavy atom. The first-order chi connectivity index (χ1) is 12.6. The minimum Gasteiger partial charge on any atom is -0.497 e. The third kappa shape index (κ3) is 4.08. The second-order valence-corrected chi connectivity index (χ2v) is 6.56. The number of oxazole rings is 1. The zero-order valence-electron chi connectivity index (χ0n) is 14.7. The molecule has 1 amide bonds. The summed E-state index contributed by atoms with van der Waals surface area (Å²) in [6.45, 7) is 1.93. The van der Waals surface area contributed by atoms with E-state index in [-0.39, 0.29) is 11.2 Å². The van der Waals surface area contributed by atoms with E-state index in [1.807, 2.05) is 6.92 Å². The first-order valence-electron chi connectivity index (χ1n) is 8.05. The summed E-state index contributed by atoms with van der Waals surface area (Å²) in [6.07, 6.45) is 2.27. The molecule has 136 valence electrons. The first-order valence-corrected chi connectivity index (χ1v) is 8.93. The molecule has 0 saturated heterocycles. The number of ether oxygens (including phenoxy) is 2. The largest absolute Gasteiger partial charge is 0.497 e. The molecule has 7 nitrogen and oxygen atoms in total. The summed E-state index contributed by atoms with van der Waals surface area (Å²) in [5, 5.41) is 2.95. The average molecular weight is 373 g/mol. The molecule has 0 aliphatic heterocycles. The zero-order chi connectivity index (χ0) is 18.5. The van der Waals surface area contributed by atoms with Gasteiger partial charge in [0, 0.05) is 30.1 Å². The molecule has 0 spiro atoms. The van der Waals surface area contributed by atoms with Gasteiger partial charge in [-0.2, -0.15) is 4.98 Å². The Hall–Kier alpha value is -2.74. The van der Waals surface area contributed by atoms with Crippen molar-refractivity contribution in [3.63, 3.8) is 0 Å². The molecule has 0 radical (unpaired) electrons. The Morgan fingerprint density at radius 2 is 2.00 bits per heavy atom. The predicted octanol–water partition coefficient (Wildman–Crippen LogP) is 3.75. The molecule has 0 saturated carbocycles. The molecule has 3 aromatic rings. The van der Waals surface area contributed by atoms with Crippen LogP contribution in [0.25, 0.3) is 11.2 Å². The van der Waals surface area contributed by atoms with Crippen molar-refractivity contribution in [2.75, 3.05) is 19.5 Å². The number of fused-ring (bicyclic) bond motifs is 1. The van der Waals surface area contributed by atoms with Crippen molar-refractivity contribution < 1.29 is 18.7 Å². The van der Waals surface area contributed by atoms with Gasteiger partial charge in [-0.15, -0.1) is 0 Å². The molecule has 26 heavy (non-hydrogen) atoms. The maximum Gasteiger partial charge on any atom is 0.259 e. The van der Waals surface area contributed by atoms with Crippen LogP contribution >= 0.6 is 11.8 Å². The molecule has 0 bridgehead atoms. The Morgan fingerprint density at radius 3 is 2.62 bits per heavy atom. The highest BCUT2D eigenvalue weighted by molar-refractivity contribution is 8.00. The Labute approximate surface area is 155 Å². The number of hydrogen-bond acceptors (Lipinski definition) is 7. The quantitative estimate of drug-likeness (QED) is 0.631. The van der Waals surface area contributed by atoms with Gasteiger partial charge in [0.15, 0.2) is 11.2 Å². The van der Waals surface area contributed by atoms with Crippen molar-refractivity contribution in [3.05, 3.63) is 36.5 Å². The van der Waals surface area contributed by atoms with E-state index in [1.165, 1.54) is 11.8 Å². The molecule has 0 aliphatic carbocycles. The third-order valence-corrected chi connectivity index (χ3v) is 4.88. The highest BCUT2D eigenvalue weighted by Gasteiger charge is 2.22. The molecular formula is C18H19N3O4S. The monoisotopic (exact) mass is 373 g/mol. The summed E-state index contributed by atoms with van der Waals surface area (Å²) < 4.78 is 16.1. The maximum atomic E-state index is 12.7. The zero-order valence-corrected chi connectivity index (χ0v) is 15.5. The number of pyridine rings is 1. The number of benzene rings is 1. The van der Waals surface area contributed by atoms with Gasteiger partial charge in [-0.1, -0.05) is 18.7 Å². The predicted molar refractivity (Wildman–Crippen MR) is 99.9 cm³/mol. The number of nitrogens with one attached hydrogen (secondary N) is 1. The summed E-state index contributed by atoms with van der Waals surface area (Å²) in [6, 6.07) is 8.79. The van der Waals surface area contributed by atoms with Crippen LogP contribution in [-0.4, -0.2) is 35.3 Å². The lowest BCUT2D eigenvalue weighted by atomic mass is 10.2. The second kappa shape index (κ2) is 8.09. The lowest BCUT2D eigenvalue weighted by Gasteiger charge is -2.14. The van der Waals surface area contributed by atoms with Gasteiger partial charge < -0.3 is 19.2 Å². The van der Waals surface area contributed by atoms with Crippen LogP contribution in [0, 0.1) is 0 Å². The summed E-state index contributed by atoms with van der Waals surface area (Å²) in [5.41, 5.74) is 1.73. The Kier molecular flexibility index (Phi) is 5.62. The van der Waals surface area contributed by atoms with Crippen molar-refractivity contribution in [2.24, 2.45) is 0 Å². The number of methoxy groups -OCH3 is 2. The van der Waals surface area contributed by atoms with E-state index < -0.39 is 0 Å². The molecule has 1 N–H and O–H groups in total. The molecule has 3 rings (SSSR count). The van der Waals surface area contributed by atoms with Crippen LogP contribution in [0.5, 0.6) is 11.5 Å². The fourth-order valence-electron chi connectivity index (χ4n) is 2.35. The molecule has 0 aliphatic rings. The highest BCUT2D eigenvalue weighted by atomic mass is 32.2. The fraction of sp³-hybridized carbons (Fsp3) is 0.278. The number of carbonyl (C=O) groups is 1. The fourth-order valence-corrected chi connectivity index (χ4v) is 3.20. The summed E-state index contributed by atoms with van der Waals surface area (Å²) >= 11 is 1.27. The van der Waals surface area contributed by atoms with Crippen molar-refractivity contribution in [1.29, 1.82) is 0 Å². The molecular weight excluding hydrogens is 354 g/mol. The highest BCUT2D eigenvalue weighted by Crippen LogP contribution is 2.30. The van der Waals surface area contributed by atoms with Gasteiger partial charge in [0.05, 0.1) is 19.5 Å². The van der Waals surface area contributed by atoms with Gasteiger partial charge in [0.1, 0.15) is 11.5 Å². The summed E-state index contributed by atoms with van der Waals surface area (Å²) in [5.74, 6) is 1.05. The SMILES string of the molecule is CCC(Sc1nc2ncccc2o1)C(=O)Nc1cc(OC)cc(OC)c1. The normalized spacial score (nSPS) is 12.0. The van der Waals surface area contributed by atoms with E-state index in [4.69, 9.17) is 13.9 Å². The van der Waals surface area contributed by atoms with Gasteiger partial charge in [-0.25, -0.2) is 4.98 Å². The molecule has 2 aromatic heterocycles. The van der Waals surface area contributed by atoms with Crippen LogP contribution in [0.1, 0.15) is 13.3 Å². The van der Waals surface area contributed by atoms with E-state index in [2.05, 4.69) is 15.3 Å². The van der Waals surface area contributed by atoms with Crippen LogP contribution in [0.4, 0.5) is 5.69 Å². The molecule has 1 aromatic carbocycles. The van der Waals surface area contributed by atoms with E-state index in [9.17, 15) is 4.79 Å². The number of nitrogens with zero attached hydrogens (tertiary/aromatic N) is 2. The summed E-state index contributed by atoms with van der Waals surface area (Å²) in [7, 11) is 3.12. The van der Waals surface area contributed by atoms with Crippen molar-refractivity contribution in [2.45, 2.75) is 23.8 Å². The standard InChI is InChI=1S/C18H19N3O4S/c1-4-15(26-18-21-16-14(25-18)6-5-7-19-16)17(22)20-11-8-12(23-2)10-13(9-11)24-3/h5-10,15H,4H2,1-3H3,(H,20,22). The molecule has 0 fully saturated rings. The lowest BCUT2D eigenvalue weighted by Crippen LogP contribution is -2.24. The minimum atomic E-state index is -0.361. The van der Waals surface area contributed by atoms with E-state index in [1.54, 1.807) is 50.7 Å². The van der Waals surface area contributed by atoms with Crippen molar-refractivity contribution in [1.82, 2.24) is 9.97 Å². The average Bonchev–Trinajstić information content (AvgIpc) is 3.08. The molecule has 2 heterocycles. The first kappa shape index (κ1) is 18.1. The van der Waals surface area contributed by atoms with Crippen LogP contribution < -0.4 is 14.8 Å². The lowest BCUT2D eigenvalue weighted by molar-refractivity contribution is -0.115. The van der Waals surface area contributed by atoms with Crippen LogP contribution in [0.2, 0.25) is 0 Å². The molecule has 1 atom stereocenters. The van der Waals surface area contributed by atoms with Crippen molar-refractivity contribution in [3.8, 4) is 11.5 Å². The number of hydrogen-bond donors (Lipinski definition) is 1. The van der Waals surface area contributed by atoms with Crippen molar-refractivity contribution >= 4 is 34.6 Å². The Bertz CT molecular complexity index is 857. The van der Waals surface area contributed by atoms with Gasteiger partial charge >= 0.3 is 0 Å². The minimum absolute atomic E-state index is 0.150. The van der Waals surface area contributed by atoms with Crippen LogP contribution in [0.3, 0.4) is 0 Å². The number of aromatic nitrogens is 2. The van der Waals surface area contributed by atoms with Crippen LogP contribution in [0.15, 0.2) is 46.2 Å².